The first-order chi connectivity index (χ1) is 12.3. The average molecular weight is 390 g/mol. The molecular weight excluding hydrogens is 362 g/mol. The number of nitrogens with one attached hydrogen (secondary N) is 1. The molecule has 1 atom stereocenters. The van der Waals surface area contributed by atoms with Crippen molar-refractivity contribution in [2.24, 2.45) is 5.92 Å². The second-order valence-electron chi connectivity index (χ2n) is 8.78. The Labute approximate surface area is 163 Å². The van der Waals surface area contributed by atoms with Gasteiger partial charge < -0.3 is 5.32 Å². The number of nitrogens with zero attached hydrogens (tertiary/aromatic N) is 2. The number of rotatable bonds is 4. The molecular formula is C20H27N3OS2. The molecule has 1 N–H and O–H groups in total. The van der Waals surface area contributed by atoms with Crippen molar-refractivity contribution in [3.05, 3.63) is 16.3 Å². The van der Waals surface area contributed by atoms with Gasteiger partial charge in [0.15, 0.2) is 0 Å². The number of carbonyl (C=O) groups excluding carboxylic acids is 1. The van der Waals surface area contributed by atoms with Gasteiger partial charge in [-0.3, -0.25) is 4.79 Å². The number of fused-ring (bicyclic) bond motifs is 3. The predicted molar refractivity (Wildman–Crippen MR) is 109 cm³/mol. The third-order valence-electron chi connectivity index (χ3n) is 4.94. The molecule has 1 saturated carbocycles. The van der Waals surface area contributed by atoms with Crippen LogP contribution in [0.1, 0.15) is 69.1 Å². The minimum Gasteiger partial charge on any atom is -0.351 e. The number of hydrogen-bond acceptors (Lipinski definition) is 5. The van der Waals surface area contributed by atoms with E-state index in [-0.39, 0.29) is 11.4 Å². The van der Waals surface area contributed by atoms with E-state index < -0.39 is 0 Å². The Hall–Kier alpha value is -1.14. The third-order valence-corrected chi connectivity index (χ3v) is 7.06. The minimum absolute atomic E-state index is 0.0694. The van der Waals surface area contributed by atoms with Crippen molar-refractivity contribution in [3.63, 3.8) is 0 Å². The molecule has 4 rings (SSSR count). The fourth-order valence-electron chi connectivity index (χ4n) is 3.54. The number of thioether (sulfide) groups is 1. The molecule has 1 amide bonds. The summed E-state index contributed by atoms with van der Waals surface area (Å²) in [4.78, 5) is 24.7. The molecule has 2 aromatic heterocycles. The Morgan fingerprint density at radius 2 is 2.04 bits per heavy atom. The van der Waals surface area contributed by atoms with E-state index >= 15 is 0 Å². The van der Waals surface area contributed by atoms with Crippen molar-refractivity contribution in [2.75, 3.05) is 5.75 Å². The van der Waals surface area contributed by atoms with Crippen LogP contribution in [0.15, 0.2) is 5.03 Å². The summed E-state index contributed by atoms with van der Waals surface area (Å²) >= 11 is 3.44. The molecule has 0 spiro atoms. The zero-order valence-electron chi connectivity index (χ0n) is 16.0. The second kappa shape index (κ2) is 6.79. The summed E-state index contributed by atoms with van der Waals surface area (Å²) in [5.74, 6) is 2.75. The van der Waals surface area contributed by atoms with Gasteiger partial charge in [-0.2, -0.15) is 0 Å². The highest BCUT2D eigenvalue weighted by atomic mass is 32.2. The van der Waals surface area contributed by atoms with Crippen LogP contribution in [0.5, 0.6) is 0 Å². The molecule has 0 bridgehead atoms. The van der Waals surface area contributed by atoms with E-state index in [4.69, 9.17) is 9.97 Å². The number of thiophene rings is 1. The molecule has 1 fully saturated rings. The second-order valence-corrected chi connectivity index (χ2v) is 10.8. The molecule has 0 saturated heterocycles. The van der Waals surface area contributed by atoms with Crippen molar-refractivity contribution in [2.45, 2.75) is 76.3 Å². The van der Waals surface area contributed by atoms with Crippen molar-refractivity contribution in [1.29, 1.82) is 0 Å². The van der Waals surface area contributed by atoms with Crippen LogP contribution in [0.25, 0.3) is 10.2 Å². The van der Waals surface area contributed by atoms with Crippen molar-refractivity contribution in [3.8, 4) is 0 Å². The summed E-state index contributed by atoms with van der Waals surface area (Å²) < 4.78 is 0. The number of aryl methyl sites for hydroxylation is 1. The molecule has 2 aliphatic carbocycles. The highest BCUT2D eigenvalue weighted by Gasteiger charge is 2.30. The molecule has 140 valence electrons. The smallest absolute Gasteiger partial charge is 0.230 e. The molecule has 2 aromatic rings. The summed E-state index contributed by atoms with van der Waals surface area (Å²) in [5, 5.41) is 5.30. The fourth-order valence-corrected chi connectivity index (χ4v) is 5.86. The summed E-state index contributed by atoms with van der Waals surface area (Å²) in [7, 11) is 0. The maximum absolute atomic E-state index is 12.3. The maximum Gasteiger partial charge on any atom is 0.230 e. The van der Waals surface area contributed by atoms with Crippen LogP contribution in [-0.4, -0.2) is 27.2 Å². The zero-order valence-corrected chi connectivity index (χ0v) is 17.6. The Bertz CT molecular complexity index is 849. The number of hydrogen-bond donors (Lipinski definition) is 1. The van der Waals surface area contributed by atoms with Crippen LogP contribution in [-0.2, 0) is 17.6 Å². The molecule has 6 heteroatoms. The Kier molecular flexibility index (Phi) is 4.76. The SMILES string of the molecule is C[C@@H]1CCc2c(sc3nc(C4CC4)nc(SCC(=O)NC(C)(C)C)c23)C1. The first kappa shape index (κ1) is 18.2. The van der Waals surface area contributed by atoms with Gasteiger partial charge in [0, 0.05) is 21.7 Å². The highest BCUT2D eigenvalue weighted by Crippen LogP contribution is 2.44. The maximum atomic E-state index is 12.3. The minimum atomic E-state index is -0.199. The molecule has 4 nitrogen and oxygen atoms in total. The van der Waals surface area contributed by atoms with E-state index in [1.54, 1.807) is 11.8 Å². The average Bonchev–Trinajstić information content (AvgIpc) is 3.32. The van der Waals surface area contributed by atoms with E-state index in [1.807, 2.05) is 32.1 Å². The van der Waals surface area contributed by atoms with Gasteiger partial charge in [0.2, 0.25) is 5.91 Å². The Morgan fingerprint density at radius 3 is 2.73 bits per heavy atom. The molecule has 0 unspecified atom stereocenters. The summed E-state index contributed by atoms with van der Waals surface area (Å²) in [6.45, 7) is 8.38. The Morgan fingerprint density at radius 1 is 1.27 bits per heavy atom. The van der Waals surface area contributed by atoms with E-state index in [2.05, 4.69) is 12.2 Å². The van der Waals surface area contributed by atoms with Gasteiger partial charge in [-0.25, -0.2) is 9.97 Å². The van der Waals surface area contributed by atoms with Crippen molar-refractivity contribution in [1.82, 2.24) is 15.3 Å². The fraction of sp³-hybridized carbons (Fsp3) is 0.650. The van der Waals surface area contributed by atoms with E-state index in [9.17, 15) is 4.79 Å². The first-order valence-electron chi connectivity index (χ1n) is 9.56. The van der Waals surface area contributed by atoms with Gasteiger partial charge in [0.05, 0.1) is 5.75 Å². The van der Waals surface area contributed by atoms with Gasteiger partial charge >= 0.3 is 0 Å². The summed E-state index contributed by atoms with van der Waals surface area (Å²) in [6.07, 6.45) is 5.90. The van der Waals surface area contributed by atoms with Gasteiger partial charge in [0.1, 0.15) is 15.7 Å². The van der Waals surface area contributed by atoms with Crippen LogP contribution in [0.4, 0.5) is 0 Å². The highest BCUT2D eigenvalue weighted by molar-refractivity contribution is 8.00. The van der Waals surface area contributed by atoms with Crippen LogP contribution >= 0.6 is 23.1 Å². The number of amides is 1. The van der Waals surface area contributed by atoms with Gasteiger partial charge in [-0.05, 0) is 64.4 Å². The molecule has 2 heterocycles. The lowest BCUT2D eigenvalue weighted by Gasteiger charge is -2.20. The standard InChI is InChI=1S/C20H27N3OS2/c1-11-5-8-13-14(9-11)26-19-16(13)18(21-17(22-19)12-6-7-12)25-10-15(24)23-20(2,3)4/h11-12H,5-10H2,1-4H3,(H,23,24)/t11-/m1/s1. The van der Waals surface area contributed by atoms with Crippen LogP contribution in [0.3, 0.4) is 0 Å². The predicted octanol–water partition coefficient (Wildman–Crippen LogP) is 4.70. The number of carbonyl (C=O) groups is 1. The van der Waals surface area contributed by atoms with Crippen molar-refractivity contribution >= 4 is 39.2 Å². The van der Waals surface area contributed by atoms with E-state index in [0.717, 1.165) is 34.4 Å². The number of aromatic nitrogens is 2. The van der Waals surface area contributed by atoms with Crippen LogP contribution in [0, 0.1) is 5.92 Å². The van der Waals surface area contributed by atoms with Crippen molar-refractivity contribution < 1.29 is 4.79 Å². The lowest BCUT2D eigenvalue weighted by molar-refractivity contribution is -0.119. The summed E-state index contributed by atoms with van der Waals surface area (Å²) in [6, 6.07) is 0. The van der Waals surface area contributed by atoms with E-state index in [0.29, 0.717) is 11.7 Å². The monoisotopic (exact) mass is 389 g/mol. The molecule has 0 radical (unpaired) electrons. The van der Waals surface area contributed by atoms with Gasteiger partial charge in [0.25, 0.3) is 0 Å². The van der Waals surface area contributed by atoms with Crippen LogP contribution in [0.2, 0.25) is 0 Å². The quantitative estimate of drug-likeness (QED) is 0.608. The lowest BCUT2D eigenvalue weighted by Crippen LogP contribution is -2.41. The third kappa shape index (κ3) is 3.91. The lowest BCUT2D eigenvalue weighted by atomic mass is 9.89. The van der Waals surface area contributed by atoms with Gasteiger partial charge in [-0.15, -0.1) is 11.3 Å². The van der Waals surface area contributed by atoms with Gasteiger partial charge in [-0.1, -0.05) is 18.7 Å². The largest absolute Gasteiger partial charge is 0.351 e. The topological polar surface area (TPSA) is 54.9 Å². The summed E-state index contributed by atoms with van der Waals surface area (Å²) in [5.41, 5.74) is 1.25. The van der Waals surface area contributed by atoms with E-state index in [1.165, 1.54) is 35.1 Å². The molecule has 0 aliphatic heterocycles. The molecule has 26 heavy (non-hydrogen) atoms. The van der Waals surface area contributed by atoms with Crippen LogP contribution < -0.4 is 5.32 Å². The molecule has 2 aliphatic rings. The Balaban J connectivity index is 1.66. The zero-order chi connectivity index (χ0) is 18.5. The first-order valence-corrected chi connectivity index (χ1v) is 11.4. The normalized spacial score (nSPS) is 20.2. The molecule has 0 aromatic carbocycles.